The summed E-state index contributed by atoms with van der Waals surface area (Å²) in [7, 11) is 0. The van der Waals surface area contributed by atoms with Crippen LogP contribution in [0.1, 0.15) is 40.9 Å². The molecule has 3 aromatic rings. The minimum atomic E-state index is -0.284. The molecule has 2 aromatic carbocycles. The van der Waals surface area contributed by atoms with E-state index in [9.17, 15) is 9.18 Å². The second-order valence-electron chi connectivity index (χ2n) is 8.25. The number of rotatable bonds is 6. The van der Waals surface area contributed by atoms with Gasteiger partial charge in [0.25, 0.3) is 5.91 Å². The van der Waals surface area contributed by atoms with Gasteiger partial charge >= 0.3 is 0 Å². The Morgan fingerprint density at radius 2 is 1.94 bits per heavy atom. The van der Waals surface area contributed by atoms with E-state index in [4.69, 9.17) is 9.47 Å². The monoisotopic (exact) mass is 453 g/mol. The predicted molar refractivity (Wildman–Crippen MR) is 121 cm³/mol. The van der Waals surface area contributed by atoms with Crippen molar-refractivity contribution in [1.29, 1.82) is 0 Å². The lowest BCUT2D eigenvalue weighted by molar-refractivity contribution is -0.910. The van der Waals surface area contributed by atoms with Crippen LogP contribution >= 0.6 is 11.3 Å². The van der Waals surface area contributed by atoms with E-state index in [-0.39, 0.29) is 23.8 Å². The van der Waals surface area contributed by atoms with Crippen molar-refractivity contribution >= 4 is 17.2 Å². The number of fused-ring (bicyclic) bond motifs is 1. The molecule has 1 saturated heterocycles. The molecule has 0 spiro atoms. The molecule has 3 unspecified atom stereocenters. The normalized spacial score (nSPS) is 20.7. The highest BCUT2D eigenvalue weighted by Gasteiger charge is 2.33. The second kappa shape index (κ2) is 9.30. The average Bonchev–Trinajstić information content (AvgIpc) is 3.50. The zero-order valence-corrected chi connectivity index (χ0v) is 18.5. The molecule has 2 N–H and O–H groups in total. The molecule has 7 heteroatoms. The fraction of sp³-hybridized carbons (Fsp3) is 0.320. The Bertz CT molecular complexity index is 1070. The maximum absolute atomic E-state index is 13.4. The van der Waals surface area contributed by atoms with Gasteiger partial charge in [0, 0.05) is 23.3 Å². The van der Waals surface area contributed by atoms with E-state index in [2.05, 4.69) is 17.4 Å². The summed E-state index contributed by atoms with van der Waals surface area (Å²) in [5.74, 6) is 1.29. The number of benzene rings is 2. The summed E-state index contributed by atoms with van der Waals surface area (Å²) in [6, 6.07) is 16.4. The van der Waals surface area contributed by atoms with Crippen molar-refractivity contribution in [2.75, 3.05) is 26.3 Å². The molecule has 3 heterocycles. The molecule has 0 bridgehead atoms. The molecule has 1 amide bonds. The van der Waals surface area contributed by atoms with Gasteiger partial charge in [-0.25, -0.2) is 4.39 Å². The average molecular weight is 454 g/mol. The molecular weight excluding hydrogens is 427 g/mol. The molecule has 1 fully saturated rings. The maximum Gasteiger partial charge on any atom is 0.275 e. The number of carbonyl (C=O) groups excluding carboxylic acids is 1. The number of thiophene rings is 1. The van der Waals surface area contributed by atoms with Gasteiger partial charge in [-0.1, -0.05) is 18.2 Å². The summed E-state index contributed by atoms with van der Waals surface area (Å²) in [5.41, 5.74) is 2.06. The third kappa shape index (κ3) is 4.49. The number of carbonyl (C=O) groups is 1. The van der Waals surface area contributed by atoms with Crippen molar-refractivity contribution in [2.45, 2.75) is 24.9 Å². The molecule has 1 aromatic heterocycles. The fourth-order valence-corrected chi connectivity index (χ4v) is 5.45. The van der Waals surface area contributed by atoms with Crippen molar-refractivity contribution in [1.82, 2.24) is 5.32 Å². The van der Waals surface area contributed by atoms with Gasteiger partial charge in [0.1, 0.15) is 25.1 Å². The third-order valence-electron chi connectivity index (χ3n) is 6.18. The summed E-state index contributed by atoms with van der Waals surface area (Å²) >= 11 is 1.58. The second-order valence-corrected chi connectivity index (χ2v) is 9.23. The summed E-state index contributed by atoms with van der Waals surface area (Å²) in [6.45, 7) is 2.48. The minimum absolute atomic E-state index is 0.00725. The smallest absolute Gasteiger partial charge is 0.275 e. The highest BCUT2D eigenvalue weighted by molar-refractivity contribution is 7.10. The van der Waals surface area contributed by atoms with Crippen LogP contribution in [0.2, 0.25) is 0 Å². The van der Waals surface area contributed by atoms with Crippen LogP contribution in [0.5, 0.6) is 11.5 Å². The van der Waals surface area contributed by atoms with E-state index in [1.54, 1.807) is 23.5 Å². The first-order valence-corrected chi connectivity index (χ1v) is 11.9. The van der Waals surface area contributed by atoms with Gasteiger partial charge in [-0.2, -0.15) is 0 Å². The van der Waals surface area contributed by atoms with E-state index in [0.717, 1.165) is 41.3 Å². The summed E-state index contributed by atoms with van der Waals surface area (Å²) in [4.78, 5) is 15.4. The first-order valence-electron chi connectivity index (χ1n) is 11.0. The van der Waals surface area contributed by atoms with Gasteiger partial charge < -0.3 is 19.7 Å². The molecular formula is C25H26FN2O3S+. The molecule has 5 rings (SSSR count). The molecule has 2 aliphatic rings. The minimum Gasteiger partial charge on any atom is -0.486 e. The molecule has 166 valence electrons. The number of likely N-dealkylation sites (tertiary alicyclic amines) is 1. The van der Waals surface area contributed by atoms with Crippen LogP contribution in [-0.4, -0.2) is 32.2 Å². The van der Waals surface area contributed by atoms with Crippen LogP contribution in [0.4, 0.5) is 4.39 Å². The van der Waals surface area contributed by atoms with E-state index in [1.807, 2.05) is 23.6 Å². The van der Waals surface area contributed by atoms with Gasteiger partial charge in [0.2, 0.25) is 0 Å². The highest BCUT2D eigenvalue weighted by atomic mass is 32.1. The van der Waals surface area contributed by atoms with E-state index in [0.29, 0.717) is 19.8 Å². The van der Waals surface area contributed by atoms with E-state index < -0.39 is 0 Å². The molecule has 0 aliphatic carbocycles. The lowest BCUT2D eigenvalue weighted by atomic mass is 10.0. The predicted octanol–water partition coefficient (Wildman–Crippen LogP) is 3.28. The Morgan fingerprint density at radius 1 is 1.12 bits per heavy atom. The lowest BCUT2D eigenvalue weighted by Gasteiger charge is -2.25. The van der Waals surface area contributed by atoms with Gasteiger partial charge in [-0.05, 0) is 47.3 Å². The third-order valence-corrected chi connectivity index (χ3v) is 7.11. The zero-order valence-electron chi connectivity index (χ0n) is 17.7. The summed E-state index contributed by atoms with van der Waals surface area (Å²) in [5, 5.41) is 5.18. The Kier molecular flexibility index (Phi) is 6.10. The van der Waals surface area contributed by atoms with Gasteiger partial charge in [-0.3, -0.25) is 4.79 Å². The molecule has 0 saturated carbocycles. The number of ether oxygens (including phenoxy) is 2. The fourth-order valence-electron chi connectivity index (χ4n) is 4.65. The van der Waals surface area contributed by atoms with E-state index >= 15 is 0 Å². The number of hydrogen-bond acceptors (Lipinski definition) is 4. The van der Waals surface area contributed by atoms with Crippen molar-refractivity contribution < 1.29 is 23.6 Å². The quantitative estimate of drug-likeness (QED) is 0.602. The number of halogens is 1. The SMILES string of the molecule is O=C(C[NH+]1CCCC1c1ccc2c(c1)OCCO2)NC(c1ccc(F)cc1)c1cccs1. The molecule has 3 atom stereocenters. The highest BCUT2D eigenvalue weighted by Crippen LogP contribution is 2.33. The molecule has 2 aliphatic heterocycles. The van der Waals surface area contributed by atoms with Crippen LogP contribution in [0, 0.1) is 5.82 Å². The van der Waals surface area contributed by atoms with Crippen molar-refractivity contribution in [2.24, 2.45) is 0 Å². The van der Waals surface area contributed by atoms with Gasteiger partial charge in [0.05, 0.1) is 12.6 Å². The number of quaternary nitrogens is 1. The summed E-state index contributed by atoms with van der Waals surface area (Å²) < 4.78 is 24.8. The molecule has 0 radical (unpaired) electrons. The van der Waals surface area contributed by atoms with Crippen LogP contribution in [0.3, 0.4) is 0 Å². The van der Waals surface area contributed by atoms with Crippen molar-refractivity contribution in [3.05, 3.63) is 81.8 Å². The Balaban J connectivity index is 1.30. The Morgan fingerprint density at radius 3 is 2.72 bits per heavy atom. The largest absolute Gasteiger partial charge is 0.486 e. The van der Waals surface area contributed by atoms with Gasteiger partial charge in [0.15, 0.2) is 18.0 Å². The molecule has 5 nitrogen and oxygen atoms in total. The first kappa shape index (κ1) is 21.0. The maximum atomic E-state index is 13.4. The number of hydrogen-bond donors (Lipinski definition) is 2. The number of nitrogens with one attached hydrogen (secondary N) is 2. The van der Waals surface area contributed by atoms with Crippen molar-refractivity contribution in [3.63, 3.8) is 0 Å². The van der Waals surface area contributed by atoms with Crippen LogP contribution in [-0.2, 0) is 4.79 Å². The standard InChI is InChI=1S/C25H25FN2O3S/c26-19-8-5-17(6-9-19)25(23-4-2-14-32-23)27-24(29)16-28-11-1-3-20(28)18-7-10-21-22(15-18)31-13-12-30-21/h2,4-10,14-15,20,25H,1,3,11-13,16H2,(H,27,29)/p+1. The Hall–Kier alpha value is -2.90. The van der Waals surface area contributed by atoms with Crippen LogP contribution in [0.15, 0.2) is 60.0 Å². The summed E-state index contributed by atoms with van der Waals surface area (Å²) in [6.07, 6.45) is 2.11. The topological polar surface area (TPSA) is 52.0 Å². The van der Waals surface area contributed by atoms with E-state index in [1.165, 1.54) is 22.6 Å². The first-order chi connectivity index (χ1) is 15.7. The van der Waals surface area contributed by atoms with Crippen LogP contribution < -0.4 is 19.7 Å². The van der Waals surface area contributed by atoms with Gasteiger partial charge in [-0.15, -0.1) is 11.3 Å². The number of amides is 1. The molecule has 32 heavy (non-hydrogen) atoms. The Labute approximate surface area is 190 Å². The van der Waals surface area contributed by atoms with Crippen molar-refractivity contribution in [3.8, 4) is 11.5 Å². The lowest BCUT2D eigenvalue weighted by Crippen LogP contribution is -3.11. The zero-order chi connectivity index (χ0) is 21.9. The van der Waals surface area contributed by atoms with Crippen LogP contribution in [0.25, 0.3) is 0 Å².